The number of pyridine rings is 1. The maximum absolute atomic E-state index is 12.2. The Bertz CT molecular complexity index is 687. The van der Waals surface area contributed by atoms with E-state index >= 15 is 0 Å². The van der Waals surface area contributed by atoms with Crippen LogP contribution in [0.5, 0.6) is 0 Å². The van der Waals surface area contributed by atoms with Gasteiger partial charge in [0.15, 0.2) is 0 Å². The third-order valence-corrected chi connectivity index (χ3v) is 4.13. The smallest absolute Gasteiger partial charge is 0.251 e. The van der Waals surface area contributed by atoms with Gasteiger partial charge in [-0.05, 0) is 31.5 Å². The molecule has 1 aliphatic heterocycles. The summed E-state index contributed by atoms with van der Waals surface area (Å²) in [6.45, 7) is 6.53. The van der Waals surface area contributed by atoms with Gasteiger partial charge in [0.05, 0.1) is 0 Å². The zero-order chi connectivity index (χ0) is 16.9. The zero-order valence-electron chi connectivity index (χ0n) is 14.2. The van der Waals surface area contributed by atoms with Crippen LogP contribution in [0.4, 0.5) is 5.82 Å². The summed E-state index contributed by atoms with van der Waals surface area (Å²) in [7, 11) is 0. The molecule has 1 amide bonds. The number of nitrogens with zero attached hydrogens (tertiary/aromatic N) is 2. The van der Waals surface area contributed by atoms with Gasteiger partial charge in [0.1, 0.15) is 5.82 Å². The molecule has 2 aromatic rings. The van der Waals surface area contributed by atoms with Gasteiger partial charge in [0, 0.05) is 43.5 Å². The van der Waals surface area contributed by atoms with Gasteiger partial charge < -0.3 is 15.5 Å². The van der Waals surface area contributed by atoms with E-state index in [2.05, 4.69) is 44.8 Å². The van der Waals surface area contributed by atoms with E-state index in [1.807, 2.05) is 26.0 Å². The van der Waals surface area contributed by atoms with E-state index in [1.54, 1.807) is 12.3 Å². The summed E-state index contributed by atoms with van der Waals surface area (Å²) in [5.41, 5.74) is 1.93. The Labute approximate surface area is 143 Å². The molecule has 0 aliphatic carbocycles. The van der Waals surface area contributed by atoms with Gasteiger partial charge in [0.25, 0.3) is 5.91 Å². The Morgan fingerprint density at radius 2 is 2.08 bits per heavy atom. The van der Waals surface area contributed by atoms with Crippen LogP contribution >= 0.6 is 0 Å². The molecular formula is C19H24N4O. The highest BCUT2D eigenvalue weighted by Gasteiger charge is 2.22. The highest BCUT2D eigenvalue weighted by Crippen LogP contribution is 2.21. The first-order chi connectivity index (χ1) is 11.6. The fraction of sp³-hybridized carbons (Fsp3) is 0.368. The lowest BCUT2D eigenvalue weighted by atomic mass is 10.0. The topological polar surface area (TPSA) is 57.3 Å². The van der Waals surface area contributed by atoms with Crippen molar-refractivity contribution in [1.29, 1.82) is 0 Å². The standard InChI is InChI=1S/C19H24N4O/c1-14(2)22-19(24)16-8-9-21-18(12-16)23-11-10-20-17(13-23)15-6-4-3-5-7-15/h3-9,12,14,17,20H,10-11,13H2,1-2H3,(H,22,24)/t17-/m1/s1. The first-order valence-electron chi connectivity index (χ1n) is 8.43. The molecule has 0 saturated carbocycles. The molecule has 1 aromatic heterocycles. The molecule has 0 bridgehead atoms. The number of nitrogens with one attached hydrogen (secondary N) is 2. The van der Waals surface area contributed by atoms with E-state index in [4.69, 9.17) is 0 Å². The van der Waals surface area contributed by atoms with E-state index in [0.29, 0.717) is 5.56 Å². The van der Waals surface area contributed by atoms with Crippen molar-refractivity contribution >= 4 is 11.7 Å². The first-order valence-corrected chi connectivity index (χ1v) is 8.43. The van der Waals surface area contributed by atoms with Crippen molar-refractivity contribution in [2.45, 2.75) is 25.9 Å². The van der Waals surface area contributed by atoms with Crippen LogP contribution in [-0.4, -0.2) is 36.6 Å². The highest BCUT2D eigenvalue weighted by atomic mass is 16.1. The third-order valence-electron chi connectivity index (χ3n) is 4.13. The molecule has 2 heterocycles. The Balaban J connectivity index is 1.75. The highest BCUT2D eigenvalue weighted by molar-refractivity contribution is 5.94. The summed E-state index contributed by atoms with van der Waals surface area (Å²) in [5, 5.41) is 6.48. The summed E-state index contributed by atoms with van der Waals surface area (Å²) in [4.78, 5) is 18.9. The van der Waals surface area contributed by atoms with Crippen molar-refractivity contribution in [2.75, 3.05) is 24.5 Å². The third kappa shape index (κ3) is 3.92. The molecule has 1 atom stereocenters. The molecule has 0 unspecified atom stereocenters. The lowest BCUT2D eigenvalue weighted by Crippen LogP contribution is -2.46. The summed E-state index contributed by atoms with van der Waals surface area (Å²) < 4.78 is 0. The van der Waals surface area contributed by atoms with E-state index in [1.165, 1.54) is 5.56 Å². The van der Waals surface area contributed by atoms with Gasteiger partial charge in [-0.1, -0.05) is 30.3 Å². The summed E-state index contributed by atoms with van der Waals surface area (Å²) in [5.74, 6) is 0.803. The summed E-state index contributed by atoms with van der Waals surface area (Å²) in [6, 6.07) is 14.5. The van der Waals surface area contributed by atoms with Crippen LogP contribution in [0, 0.1) is 0 Å². The van der Waals surface area contributed by atoms with Crippen LogP contribution in [0.15, 0.2) is 48.7 Å². The Morgan fingerprint density at radius 3 is 2.83 bits per heavy atom. The van der Waals surface area contributed by atoms with Crippen LogP contribution in [0.2, 0.25) is 0 Å². The van der Waals surface area contributed by atoms with Crippen molar-refractivity contribution in [3.05, 3.63) is 59.8 Å². The van der Waals surface area contributed by atoms with Crippen LogP contribution in [0.1, 0.15) is 35.8 Å². The SMILES string of the molecule is CC(C)NC(=O)c1ccnc(N2CCN[C@@H](c3ccccc3)C2)c1. The number of carbonyl (C=O) groups excluding carboxylic acids is 1. The van der Waals surface area contributed by atoms with Crippen LogP contribution in [-0.2, 0) is 0 Å². The average Bonchev–Trinajstić information content (AvgIpc) is 2.62. The molecule has 5 nitrogen and oxygen atoms in total. The molecule has 1 fully saturated rings. The van der Waals surface area contributed by atoms with Crippen LogP contribution in [0.3, 0.4) is 0 Å². The number of hydrogen-bond acceptors (Lipinski definition) is 4. The Kier molecular flexibility index (Phi) is 5.11. The largest absolute Gasteiger partial charge is 0.353 e. The molecule has 2 N–H and O–H groups in total. The van der Waals surface area contributed by atoms with Gasteiger partial charge in [-0.15, -0.1) is 0 Å². The number of rotatable bonds is 4. The summed E-state index contributed by atoms with van der Waals surface area (Å²) in [6.07, 6.45) is 1.71. The lowest BCUT2D eigenvalue weighted by Gasteiger charge is -2.35. The quantitative estimate of drug-likeness (QED) is 0.906. The minimum atomic E-state index is -0.0524. The summed E-state index contributed by atoms with van der Waals surface area (Å²) >= 11 is 0. The molecule has 24 heavy (non-hydrogen) atoms. The van der Waals surface area contributed by atoms with Crippen molar-refractivity contribution in [3.8, 4) is 0 Å². The van der Waals surface area contributed by atoms with E-state index in [9.17, 15) is 4.79 Å². The number of piperazine rings is 1. The number of anilines is 1. The fourth-order valence-electron chi connectivity index (χ4n) is 2.94. The first kappa shape index (κ1) is 16.5. The maximum Gasteiger partial charge on any atom is 0.251 e. The van der Waals surface area contributed by atoms with Gasteiger partial charge in [0.2, 0.25) is 0 Å². The second kappa shape index (κ2) is 7.45. The number of carbonyl (C=O) groups is 1. The number of aromatic nitrogens is 1. The minimum absolute atomic E-state index is 0.0524. The van der Waals surface area contributed by atoms with E-state index in [0.717, 1.165) is 25.5 Å². The van der Waals surface area contributed by atoms with Gasteiger partial charge in [-0.3, -0.25) is 4.79 Å². The average molecular weight is 324 g/mol. The second-order valence-corrected chi connectivity index (χ2v) is 6.39. The molecule has 5 heteroatoms. The minimum Gasteiger partial charge on any atom is -0.353 e. The lowest BCUT2D eigenvalue weighted by molar-refractivity contribution is 0.0943. The van der Waals surface area contributed by atoms with Crippen molar-refractivity contribution in [1.82, 2.24) is 15.6 Å². The van der Waals surface area contributed by atoms with Crippen LogP contribution < -0.4 is 15.5 Å². The van der Waals surface area contributed by atoms with Gasteiger partial charge in [-0.2, -0.15) is 0 Å². The number of benzene rings is 1. The molecule has 3 rings (SSSR count). The molecule has 1 aromatic carbocycles. The zero-order valence-corrected chi connectivity index (χ0v) is 14.2. The fourth-order valence-corrected chi connectivity index (χ4v) is 2.94. The van der Waals surface area contributed by atoms with E-state index in [-0.39, 0.29) is 18.0 Å². The number of hydrogen-bond donors (Lipinski definition) is 2. The molecule has 0 radical (unpaired) electrons. The number of amides is 1. The monoisotopic (exact) mass is 324 g/mol. The van der Waals surface area contributed by atoms with Gasteiger partial charge >= 0.3 is 0 Å². The van der Waals surface area contributed by atoms with Crippen molar-refractivity contribution < 1.29 is 4.79 Å². The maximum atomic E-state index is 12.2. The Morgan fingerprint density at radius 1 is 1.29 bits per heavy atom. The van der Waals surface area contributed by atoms with Crippen molar-refractivity contribution in [3.63, 3.8) is 0 Å². The molecular weight excluding hydrogens is 300 g/mol. The normalized spacial score (nSPS) is 17.8. The predicted molar refractivity (Wildman–Crippen MR) is 96.2 cm³/mol. The molecule has 1 aliphatic rings. The van der Waals surface area contributed by atoms with Crippen LogP contribution in [0.25, 0.3) is 0 Å². The Hall–Kier alpha value is -2.40. The van der Waals surface area contributed by atoms with Crippen molar-refractivity contribution in [2.24, 2.45) is 0 Å². The molecule has 1 saturated heterocycles. The molecule has 126 valence electrons. The second-order valence-electron chi connectivity index (χ2n) is 6.39. The van der Waals surface area contributed by atoms with E-state index < -0.39 is 0 Å². The molecule has 0 spiro atoms. The predicted octanol–water partition coefficient (Wildman–Crippen LogP) is 2.37. The van der Waals surface area contributed by atoms with Gasteiger partial charge in [-0.25, -0.2) is 4.98 Å².